The Morgan fingerprint density at radius 2 is 2.04 bits per heavy atom. The minimum absolute atomic E-state index is 0.131. The average molecular weight is 389 g/mol. The van der Waals surface area contributed by atoms with Crippen molar-refractivity contribution in [1.29, 1.82) is 0 Å². The maximum atomic E-state index is 12.2. The number of halogens is 1. The van der Waals surface area contributed by atoms with Crippen LogP contribution in [0.4, 0.5) is 0 Å². The van der Waals surface area contributed by atoms with Gasteiger partial charge in [-0.05, 0) is 23.6 Å². The molecule has 0 atom stereocenters. The highest BCUT2D eigenvalue weighted by atomic mass is 79.9. The zero-order valence-corrected chi connectivity index (χ0v) is 14.5. The lowest BCUT2D eigenvalue weighted by atomic mass is 10.3. The topological polar surface area (TPSA) is 59.8 Å². The summed E-state index contributed by atoms with van der Waals surface area (Å²) >= 11 is 4.76. The van der Waals surface area contributed by atoms with Crippen molar-refractivity contribution in [1.82, 2.24) is 20.1 Å². The number of nitrogens with zero attached hydrogens (tertiary/aromatic N) is 3. The zero-order valence-electron chi connectivity index (χ0n) is 12.1. The van der Waals surface area contributed by atoms with E-state index in [1.165, 1.54) is 0 Å². The van der Waals surface area contributed by atoms with Gasteiger partial charge in [-0.3, -0.25) is 4.79 Å². The van der Waals surface area contributed by atoms with E-state index < -0.39 is 0 Å². The first-order valence-electron chi connectivity index (χ1n) is 6.83. The SMILES string of the molecule is C=C(Br)CNC(=O)c1nc(-c2cccs2)n(-c2ccccc2)n1. The van der Waals surface area contributed by atoms with Crippen LogP contribution in [0.25, 0.3) is 16.4 Å². The van der Waals surface area contributed by atoms with E-state index in [2.05, 4.69) is 37.9 Å². The number of carbonyl (C=O) groups is 1. The lowest BCUT2D eigenvalue weighted by Gasteiger charge is -2.03. The smallest absolute Gasteiger partial charge is 0.291 e. The average Bonchev–Trinajstić information content (AvgIpc) is 3.22. The van der Waals surface area contributed by atoms with E-state index in [1.807, 2.05) is 47.8 Å². The van der Waals surface area contributed by atoms with Crippen LogP contribution in [0.5, 0.6) is 0 Å². The highest BCUT2D eigenvalue weighted by Gasteiger charge is 2.19. The van der Waals surface area contributed by atoms with Crippen LogP contribution < -0.4 is 5.32 Å². The van der Waals surface area contributed by atoms with Crippen LogP contribution in [0.3, 0.4) is 0 Å². The van der Waals surface area contributed by atoms with Gasteiger partial charge in [0.15, 0.2) is 5.82 Å². The van der Waals surface area contributed by atoms with Crippen molar-refractivity contribution < 1.29 is 4.79 Å². The van der Waals surface area contributed by atoms with Gasteiger partial charge in [0.1, 0.15) is 0 Å². The van der Waals surface area contributed by atoms with Gasteiger partial charge in [-0.15, -0.1) is 16.4 Å². The predicted octanol–water partition coefficient (Wildman–Crippen LogP) is 3.63. The molecule has 23 heavy (non-hydrogen) atoms. The molecule has 1 N–H and O–H groups in total. The molecule has 0 unspecified atom stereocenters. The van der Waals surface area contributed by atoms with Crippen LogP contribution in [-0.4, -0.2) is 27.2 Å². The third-order valence-corrected chi connectivity index (χ3v) is 4.14. The minimum Gasteiger partial charge on any atom is -0.345 e. The molecule has 7 heteroatoms. The molecule has 2 aromatic heterocycles. The van der Waals surface area contributed by atoms with Gasteiger partial charge < -0.3 is 5.32 Å². The maximum absolute atomic E-state index is 12.2. The molecule has 0 fully saturated rings. The van der Waals surface area contributed by atoms with Gasteiger partial charge in [-0.25, -0.2) is 9.67 Å². The van der Waals surface area contributed by atoms with Gasteiger partial charge in [0.05, 0.1) is 10.6 Å². The number of aromatic nitrogens is 3. The fourth-order valence-electron chi connectivity index (χ4n) is 1.98. The lowest BCUT2D eigenvalue weighted by molar-refractivity contribution is 0.0947. The molecule has 0 spiro atoms. The monoisotopic (exact) mass is 388 g/mol. The molecule has 3 rings (SSSR count). The van der Waals surface area contributed by atoms with Crippen LogP contribution >= 0.6 is 27.3 Å². The normalized spacial score (nSPS) is 10.5. The highest BCUT2D eigenvalue weighted by molar-refractivity contribution is 9.11. The first kappa shape index (κ1) is 15.6. The van der Waals surface area contributed by atoms with Crippen molar-refractivity contribution in [2.45, 2.75) is 0 Å². The number of benzene rings is 1. The number of nitrogens with one attached hydrogen (secondary N) is 1. The van der Waals surface area contributed by atoms with Crippen molar-refractivity contribution in [3.63, 3.8) is 0 Å². The van der Waals surface area contributed by atoms with Crippen LogP contribution in [0.1, 0.15) is 10.6 Å². The summed E-state index contributed by atoms with van der Waals surface area (Å²) in [4.78, 5) is 17.6. The van der Waals surface area contributed by atoms with Gasteiger partial charge in [0.2, 0.25) is 5.82 Å². The quantitative estimate of drug-likeness (QED) is 0.725. The van der Waals surface area contributed by atoms with Crippen molar-refractivity contribution in [2.24, 2.45) is 0 Å². The van der Waals surface area contributed by atoms with E-state index in [0.29, 0.717) is 16.9 Å². The van der Waals surface area contributed by atoms with Crippen LogP contribution in [-0.2, 0) is 0 Å². The number of rotatable bonds is 5. The summed E-state index contributed by atoms with van der Waals surface area (Å²) in [5.74, 6) is 0.443. The fourth-order valence-corrected chi connectivity index (χ4v) is 2.82. The maximum Gasteiger partial charge on any atom is 0.291 e. The summed E-state index contributed by atoms with van der Waals surface area (Å²) in [5, 5.41) is 9.05. The molecule has 0 aliphatic carbocycles. The second kappa shape index (κ2) is 6.89. The standard InChI is InChI=1S/C16H13BrN4OS/c1-11(17)10-18-16(22)14-19-15(13-8-5-9-23-13)21(20-14)12-6-3-2-4-7-12/h2-9H,1,10H2,(H,18,22). The third-order valence-electron chi connectivity index (χ3n) is 2.99. The largest absolute Gasteiger partial charge is 0.345 e. The van der Waals surface area contributed by atoms with Crippen molar-refractivity contribution in [3.8, 4) is 16.4 Å². The number of hydrogen-bond acceptors (Lipinski definition) is 4. The molecular weight excluding hydrogens is 376 g/mol. The predicted molar refractivity (Wildman–Crippen MR) is 95.1 cm³/mol. The molecule has 5 nitrogen and oxygen atoms in total. The Balaban J connectivity index is 2.01. The Bertz CT molecular complexity index is 827. The lowest BCUT2D eigenvalue weighted by Crippen LogP contribution is -2.25. The summed E-state index contributed by atoms with van der Waals surface area (Å²) in [6, 6.07) is 13.5. The Morgan fingerprint density at radius 3 is 2.70 bits per heavy atom. The summed E-state index contributed by atoms with van der Waals surface area (Å²) in [6.07, 6.45) is 0. The molecule has 0 aliphatic heterocycles. The van der Waals surface area contributed by atoms with Crippen molar-refractivity contribution in [2.75, 3.05) is 6.54 Å². The first-order valence-corrected chi connectivity index (χ1v) is 8.50. The minimum atomic E-state index is -0.335. The van der Waals surface area contributed by atoms with Crippen LogP contribution in [0.2, 0.25) is 0 Å². The van der Waals surface area contributed by atoms with Gasteiger partial charge in [-0.2, -0.15) is 0 Å². The van der Waals surface area contributed by atoms with E-state index in [-0.39, 0.29) is 11.7 Å². The molecule has 0 saturated heterocycles. The molecule has 0 bridgehead atoms. The van der Waals surface area contributed by atoms with E-state index in [0.717, 1.165) is 10.6 Å². The third kappa shape index (κ3) is 3.57. The first-order chi connectivity index (χ1) is 11.1. The number of para-hydroxylation sites is 1. The molecular formula is C16H13BrN4OS. The van der Waals surface area contributed by atoms with Crippen molar-refractivity contribution >= 4 is 33.2 Å². The Hall–Kier alpha value is -2.25. The van der Waals surface area contributed by atoms with Gasteiger partial charge in [0, 0.05) is 11.0 Å². The van der Waals surface area contributed by atoms with Crippen LogP contribution in [0.15, 0.2) is 58.9 Å². The Morgan fingerprint density at radius 1 is 1.26 bits per heavy atom. The number of hydrogen-bond donors (Lipinski definition) is 1. The van der Waals surface area contributed by atoms with E-state index in [4.69, 9.17) is 0 Å². The van der Waals surface area contributed by atoms with E-state index >= 15 is 0 Å². The molecule has 2 heterocycles. The fraction of sp³-hybridized carbons (Fsp3) is 0.0625. The molecule has 1 amide bonds. The Kier molecular flexibility index (Phi) is 4.68. The van der Waals surface area contributed by atoms with E-state index in [9.17, 15) is 4.79 Å². The van der Waals surface area contributed by atoms with Crippen LogP contribution in [0, 0.1) is 0 Å². The molecule has 0 aliphatic rings. The summed E-state index contributed by atoms with van der Waals surface area (Å²) < 4.78 is 2.37. The molecule has 116 valence electrons. The molecule has 3 aromatic rings. The molecule has 0 radical (unpaired) electrons. The number of amides is 1. The zero-order chi connectivity index (χ0) is 16.2. The molecule has 1 aromatic carbocycles. The second-order valence-corrected chi connectivity index (χ2v) is 6.75. The summed E-state index contributed by atoms with van der Waals surface area (Å²) in [7, 11) is 0. The Labute approximate surface area is 145 Å². The second-order valence-electron chi connectivity index (χ2n) is 4.68. The van der Waals surface area contributed by atoms with E-state index in [1.54, 1.807) is 16.0 Å². The summed E-state index contributed by atoms with van der Waals surface area (Å²) in [6.45, 7) is 4.02. The van der Waals surface area contributed by atoms with Crippen molar-refractivity contribution in [3.05, 3.63) is 64.7 Å². The molecule has 0 saturated carbocycles. The van der Waals surface area contributed by atoms with Gasteiger partial charge in [-0.1, -0.05) is 46.8 Å². The van der Waals surface area contributed by atoms with Gasteiger partial charge in [0.25, 0.3) is 5.91 Å². The van der Waals surface area contributed by atoms with Gasteiger partial charge >= 0.3 is 0 Å². The number of carbonyl (C=O) groups excluding carboxylic acids is 1. The number of thiophene rings is 1. The highest BCUT2D eigenvalue weighted by Crippen LogP contribution is 2.25. The summed E-state index contributed by atoms with van der Waals surface area (Å²) in [5.41, 5.74) is 0.854.